The number of carbonyl (C=O) groups excluding carboxylic acids is 1. The topological polar surface area (TPSA) is 39.4 Å². The van der Waals surface area contributed by atoms with Gasteiger partial charge < -0.3 is 9.15 Å². The maximum Gasteiger partial charge on any atom is 0.303 e. The highest BCUT2D eigenvalue weighted by Crippen LogP contribution is 2.35. The number of allylic oxidation sites excluding steroid dienone is 2. The van der Waals surface area contributed by atoms with Crippen molar-refractivity contribution in [1.82, 2.24) is 0 Å². The van der Waals surface area contributed by atoms with E-state index in [9.17, 15) is 9.18 Å². The molecule has 0 unspecified atom stereocenters. The predicted molar refractivity (Wildman–Crippen MR) is 117 cm³/mol. The fourth-order valence-electron chi connectivity index (χ4n) is 3.99. The van der Waals surface area contributed by atoms with Crippen LogP contribution in [0.15, 0.2) is 65.1 Å². The second-order valence-electron chi connectivity index (χ2n) is 8.06. The average Bonchev–Trinajstić information content (AvgIpc) is 3.23. The highest BCUT2D eigenvalue weighted by atomic mass is 19.1. The average molecular weight is 411 g/mol. The van der Waals surface area contributed by atoms with Gasteiger partial charge >= 0.3 is 5.97 Å². The summed E-state index contributed by atoms with van der Waals surface area (Å²) in [4.78, 5) is 11.3. The smallest absolute Gasteiger partial charge is 0.303 e. The third-order valence-corrected chi connectivity index (χ3v) is 5.63. The van der Waals surface area contributed by atoms with Gasteiger partial charge in [0.2, 0.25) is 0 Å². The number of unbranched alkanes of at least 4 members (excludes halogenated alkanes) is 2. The Morgan fingerprint density at radius 1 is 1.23 bits per heavy atom. The van der Waals surface area contributed by atoms with E-state index in [0.29, 0.717) is 12.8 Å². The van der Waals surface area contributed by atoms with Crippen LogP contribution >= 0.6 is 0 Å². The molecule has 3 atom stereocenters. The van der Waals surface area contributed by atoms with Gasteiger partial charge in [-0.2, -0.15) is 0 Å². The van der Waals surface area contributed by atoms with Gasteiger partial charge in [0.15, 0.2) is 6.10 Å². The number of halogens is 1. The molecular formula is C26H31FO3. The van der Waals surface area contributed by atoms with Gasteiger partial charge in [0.25, 0.3) is 0 Å². The second kappa shape index (κ2) is 11.0. The van der Waals surface area contributed by atoms with Gasteiger partial charge in [-0.3, -0.25) is 4.79 Å². The summed E-state index contributed by atoms with van der Waals surface area (Å²) >= 11 is 0. The summed E-state index contributed by atoms with van der Waals surface area (Å²) in [5.41, 5.74) is 2.45. The van der Waals surface area contributed by atoms with E-state index in [0.717, 1.165) is 17.7 Å². The van der Waals surface area contributed by atoms with E-state index in [1.54, 1.807) is 12.3 Å². The van der Waals surface area contributed by atoms with Crippen molar-refractivity contribution in [3.63, 3.8) is 0 Å². The number of aryl methyl sites for hydroxylation is 1. The van der Waals surface area contributed by atoms with E-state index in [-0.39, 0.29) is 17.7 Å². The fourth-order valence-corrected chi connectivity index (χ4v) is 3.99. The zero-order valence-corrected chi connectivity index (χ0v) is 17.9. The molecule has 0 N–H and O–H groups in total. The molecule has 0 fully saturated rings. The maximum atomic E-state index is 14.6. The van der Waals surface area contributed by atoms with Crippen molar-refractivity contribution in [3.05, 3.63) is 77.5 Å². The van der Waals surface area contributed by atoms with E-state index >= 15 is 0 Å². The van der Waals surface area contributed by atoms with E-state index < -0.39 is 12.1 Å². The molecule has 0 aliphatic heterocycles. The van der Waals surface area contributed by atoms with Gasteiger partial charge in [-0.15, -0.1) is 0 Å². The molecule has 3 rings (SSSR count). The highest BCUT2D eigenvalue weighted by molar-refractivity contribution is 5.66. The molecule has 1 aliphatic carbocycles. The Bertz CT molecular complexity index is 849. The van der Waals surface area contributed by atoms with Gasteiger partial charge in [-0.25, -0.2) is 4.39 Å². The largest absolute Gasteiger partial charge is 0.469 e. The minimum absolute atomic E-state index is 0.0876. The molecule has 3 nitrogen and oxygen atoms in total. The summed E-state index contributed by atoms with van der Waals surface area (Å²) in [5.74, 6) is 0.0120. The molecule has 4 heteroatoms. The van der Waals surface area contributed by atoms with Crippen LogP contribution in [-0.4, -0.2) is 12.1 Å². The second-order valence-corrected chi connectivity index (χ2v) is 8.06. The number of rotatable bonds is 9. The van der Waals surface area contributed by atoms with Crippen molar-refractivity contribution in [2.45, 2.75) is 58.5 Å². The molecular weight excluding hydrogens is 379 g/mol. The third kappa shape index (κ3) is 6.45. The van der Waals surface area contributed by atoms with E-state index in [2.05, 4.69) is 31.2 Å². The molecule has 1 aromatic carbocycles. The van der Waals surface area contributed by atoms with Gasteiger partial charge in [0, 0.05) is 19.3 Å². The summed E-state index contributed by atoms with van der Waals surface area (Å²) in [6, 6.07) is 12.3. The number of esters is 1. The Hall–Kier alpha value is -2.62. The summed E-state index contributed by atoms with van der Waals surface area (Å²) in [6.07, 6.45) is 12.4. The first-order valence-electron chi connectivity index (χ1n) is 10.9. The highest BCUT2D eigenvalue weighted by Gasteiger charge is 2.33. The van der Waals surface area contributed by atoms with Crippen LogP contribution in [0.1, 0.15) is 56.4 Å². The lowest BCUT2D eigenvalue weighted by Crippen LogP contribution is -2.30. The van der Waals surface area contributed by atoms with E-state index in [1.165, 1.54) is 31.7 Å². The van der Waals surface area contributed by atoms with Gasteiger partial charge in [0.1, 0.15) is 11.6 Å². The summed E-state index contributed by atoms with van der Waals surface area (Å²) < 4.78 is 25.2. The summed E-state index contributed by atoms with van der Waals surface area (Å²) in [6.45, 7) is 3.52. The lowest BCUT2D eigenvalue weighted by atomic mass is 9.79. The molecule has 1 aromatic heterocycles. The first-order chi connectivity index (χ1) is 14.5. The molecule has 1 heterocycles. The van der Waals surface area contributed by atoms with Gasteiger partial charge in [-0.1, -0.05) is 56.2 Å². The molecule has 30 heavy (non-hydrogen) atoms. The summed E-state index contributed by atoms with van der Waals surface area (Å²) in [7, 11) is 0. The fraction of sp³-hybridized carbons (Fsp3) is 0.423. The van der Waals surface area contributed by atoms with Crippen molar-refractivity contribution in [1.29, 1.82) is 0 Å². The quantitative estimate of drug-likeness (QED) is 0.341. The van der Waals surface area contributed by atoms with Crippen molar-refractivity contribution >= 4 is 12.0 Å². The standard InChI is InChI=1S/C26H31FO3/c1-3-4-5-7-20-9-11-21(12-10-20)13-14-22-17-25(27)26(30-19(2)28)18-23(22)16-24-8-6-15-29-24/h6,8-15,17,22-23,26H,3-5,7,16,18H2,1-2H3/b14-13+/t22-,23-,26-/m0/s1. The van der Waals surface area contributed by atoms with Crippen LogP contribution in [0.2, 0.25) is 0 Å². The molecule has 2 aromatic rings. The Balaban J connectivity index is 1.71. The van der Waals surface area contributed by atoms with Crippen LogP contribution < -0.4 is 0 Å². The van der Waals surface area contributed by atoms with E-state index in [1.807, 2.05) is 24.3 Å². The number of carbonyl (C=O) groups is 1. The number of hydrogen-bond acceptors (Lipinski definition) is 3. The zero-order valence-electron chi connectivity index (χ0n) is 17.9. The van der Waals surface area contributed by atoms with Gasteiger partial charge in [-0.05, 0) is 54.5 Å². The lowest BCUT2D eigenvalue weighted by Gasteiger charge is -2.30. The van der Waals surface area contributed by atoms with Gasteiger partial charge in [0.05, 0.1) is 6.26 Å². The molecule has 0 amide bonds. The third-order valence-electron chi connectivity index (χ3n) is 5.63. The Labute approximate surface area is 178 Å². The van der Waals surface area contributed by atoms with Crippen LogP contribution in [0.3, 0.4) is 0 Å². The van der Waals surface area contributed by atoms with Crippen molar-refractivity contribution < 1.29 is 18.3 Å². The number of hydrogen-bond donors (Lipinski definition) is 0. The van der Waals surface area contributed by atoms with Crippen molar-refractivity contribution in [2.75, 3.05) is 0 Å². The molecule has 0 bridgehead atoms. The first kappa shape index (κ1) is 22.1. The first-order valence-corrected chi connectivity index (χ1v) is 10.9. The molecule has 160 valence electrons. The molecule has 1 aliphatic rings. The molecule has 0 radical (unpaired) electrons. The normalized spacial score (nSPS) is 21.6. The maximum absolute atomic E-state index is 14.6. The Morgan fingerprint density at radius 2 is 2.03 bits per heavy atom. The van der Waals surface area contributed by atoms with E-state index in [4.69, 9.17) is 9.15 Å². The monoisotopic (exact) mass is 410 g/mol. The van der Waals surface area contributed by atoms with Crippen LogP contribution in [0, 0.1) is 11.8 Å². The predicted octanol–water partition coefficient (Wildman–Crippen LogP) is 6.69. The van der Waals surface area contributed by atoms with Crippen LogP contribution in [0.5, 0.6) is 0 Å². The minimum atomic E-state index is -0.811. The molecule has 0 saturated heterocycles. The Morgan fingerprint density at radius 3 is 2.70 bits per heavy atom. The summed E-state index contributed by atoms with van der Waals surface area (Å²) in [5, 5.41) is 0. The lowest BCUT2D eigenvalue weighted by molar-refractivity contribution is -0.146. The number of ether oxygens (including phenoxy) is 1. The van der Waals surface area contributed by atoms with Crippen LogP contribution in [-0.2, 0) is 22.4 Å². The molecule has 0 saturated carbocycles. The van der Waals surface area contributed by atoms with Crippen LogP contribution in [0.4, 0.5) is 4.39 Å². The van der Waals surface area contributed by atoms with Crippen LogP contribution in [0.25, 0.3) is 6.08 Å². The Kier molecular flexibility index (Phi) is 8.06. The zero-order chi connectivity index (χ0) is 21.3. The van der Waals surface area contributed by atoms with Crippen molar-refractivity contribution in [2.24, 2.45) is 11.8 Å². The van der Waals surface area contributed by atoms with Crippen molar-refractivity contribution in [3.8, 4) is 0 Å². The molecule has 0 spiro atoms. The SMILES string of the molecule is CCCCCc1ccc(/C=C/[C@H]2C=C(F)[C@@H](OC(C)=O)C[C@@H]2Cc2ccco2)cc1. The minimum Gasteiger partial charge on any atom is -0.469 e. The number of benzene rings is 1. The number of furan rings is 1.